The molecule has 0 saturated carbocycles. The van der Waals surface area contributed by atoms with Crippen LogP contribution in [0.15, 0.2) is 0 Å². The van der Waals surface area contributed by atoms with Gasteiger partial charge in [0.05, 0.1) is 0 Å². The highest BCUT2D eigenvalue weighted by molar-refractivity contribution is 4.78. The Morgan fingerprint density at radius 3 is 1.85 bits per heavy atom. The van der Waals surface area contributed by atoms with Crippen molar-refractivity contribution in [2.45, 2.75) is 31.8 Å². The normalized spacial score (nSPS) is 17.5. The van der Waals surface area contributed by atoms with Gasteiger partial charge in [0.2, 0.25) is 6.17 Å². The molecule has 7 heteroatoms. The monoisotopic (exact) mass is 210 g/mol. The molecule has 0 aromatic heterocycles. The van der Waals surface area contributed by atoms with Crippen molar-refractivity contribution in [1.82, 2.24) is 0 Å². The zero-order chi connectivity index (χ0) is 10.6. The highest BCUT2D eigenvalue weighted by Crippen LogP contribution is 2.29. The van der Waals surface area contributed by atoms with Crippen molar-refractivity contribution in [2.24, 2.45) is 0 Å². The van der Waals surface area contributed by atoms with E-state index >= 15 is 0 Å². The number of ether oxygens (including phenoxy) is 1. The van der Waals surface area contributed by atoms with Crippen LogP contribution in [0, 0.1) is 0 Å². The molecular formula is C6H8F6O. The van der Waals surface area contributed by atoms with E-state index in [1.165, 1.54) is 6.92 Å². The van der Waals surface area contributed by atoms with E-state index in [1.807, 2.05) is 0 Å². The van der Waals surface area contributed by atoms with Crippen molar-refractivity contribution in [1.29, 1.82) is 0 Å². The quantitative estimate of drug-likeness (QED) is 0.648. The zero-order valence-electron chi connectivity index (χ0n) is 6.62. The zero-order valence-corrected chi connectivity index (χ0v) is 6.62. The van der Waals surface area contributed by atoms with Gasteiger partial charge in [-0.25, -0.2) is 13.2 Å². The van der Waals surface area contributed by atoms with Crippen LogP contribution in [0.3, 0.4) is 0 Å². The third kappa shape index (κ3) is 3.84. The van der Waals surface area contributed by atoms with Crippen LogP contribution < -0.4 is 0 Å². The minimum Gasteiger partial charge on any atom is -0.369 e. The van der Waals surface area contributed by atoms with Crippen LogP contribution in [-0.2, 0) is 4.74 Å². The Bertz CT molecular complexity index is 145. The summed E-state index contributed by atoms with van der Waals surface area (Å²) in [5.74, 6) is 0. The summed E-state index contributed by atoms with van der Waals surface area (Å²) < 4.78 is 74.6. The fourth-order valence-corrected chi connectivity index (χ4v) is 0.664. The van der Waals surface area contributed by atoms with E-state index in [2.05, 4.69) is 4.74 Å². The first-order valence-electron chi connectivity index (χ1n) is 3.41. The van der Waals surface area contributed by atoms with Gasteiger partial charge in [-0.15, -0.1) is 0 Å². The lowest BCUT2D eigenvalue weighted by Gasteiger charge is -2.21. The van der Waals surface area contributed by atoms with E-state index < -0.39 is 31.5 Å². The third-order valence-electron chi connectivity index (χ3n) is 1.21. The molecule has 1 nitrogen and oxygen atoms in total. The Morgan fingerprint density at radius 1 is 1.15 bits per heavy atom. The van der Waals surface area contributed by atoms with E-state index in [9.17, 15) is 26.3 Å². The molecule has 0 radical (unpaired) electrons. The summed E-state index contributed by atoms with van der Waals surface area (Å²) in [6.07, 6.45) is -15.2. The maximum atomic E-state index is 12.3. The van der Waals surface area contributed by atoms with Crippen LogP contribution in [0.4, 0.5) is 26.3 Å². The van der Waals surface area contributed by atoms with Crippen LogP contribution in [0.25, 0.3) is 0 Å². The summed E-state index contributed by atoms with van der Waals surface area (Å²) in [5, 5.41) is 0. The third-order valence-corrected chi connectivity index (χ3v) is 1.21. The van der Waals surface area contributed by atoms with Crippen LogP contribution in [0.5, 0.6) is 0 Å². The summed E-state index contributed by atoms with van der Waals surface area (Å²) in [7, 11) is 0. The standard InChI is InChI=1S/C6H8F6O/c1-2-13-3(5(8)9)4(7)6(10,11)12/h3-5H,2H2,1H3. The molecule has 0 aromatic carbocycles. The summed E-state index contributed by atoms with van der Waals surface area (Å²) >= 11 is 0. The lowest BCUT2D eigenvalue weighted by Crippen LogP contribution is -2.42. The molecule has 0 amide bonds. The summed E-state index contributed by atoms with van der Waals surface area (Å²) in [5.41, 5.74) is 0. The maximum absolute atomic E-state index is 12.3. The molecule has 0 aliphatic rings. The predicted octanol–water partition coefficient (Wildman–Crippen LogP) is 2.56. The minimum absolute atomic E-state index is 0.397. The second-order valence-corrected chi connectivity index (χ2v) is 2.20. The molecule has 2 atom stereocenters. The van der Waals surface area contributed by atoms with Gasteiger partial charge in [-0.3, -0.25) is 0 Å². The summed E-state index contributed by atoms with van der Waals surface area (Å²) in [6.45, 7) is 0.810. The van der Waals surface area contributed by atoms with E-state index in [-0.39, 0.29) is 0 Å². The van der Waals surface area contributed by atoms with Crippen molar-refractivity contribution in [2.75, 3.05) is 6.61 Å². The lowest BCUT2D eigenvalue weighted by molar-refractivity contribution is -0.229. The fourth-order valence-electron chi connectivity index (χ4n) is 0.664. The van der Waals surface area contributed by atoms with Gasteiger partial charge in [0.1, 0.15) is 0 Å². The van der Waals surface area contributed by atoms with Crippen molar-refractivity contribution in [3.63, 3.8) is 0 Å². The molecule has 13 heavy (non-hydrogen) atoms. The minimum atomic E-state index is -5.31. The highest BCUT2D eigenvalue weighted by atomic mass is 19.4. The predicted molar refractivity (Wildman–Crippen MR) is 32.4 cm³/mol. The Kier molecular flexibility index (Phi) is 4.52. The number of hydrogen-bond acceptors (Lipinski definition) is 1. The van der Waals surface area contributed by atoms with Crippen LogP contribution >= 0.6 is 0 Å². The summed E-state index contributed by atoms with van der Waals surface area (Å²) in [6, 6.07) is 0. The average molecular weight is 210 g/mol. The number of rotatable bonds is 4. The van der Waals surface area contributed by atoms with Crippen molar-refractivity contribution < 1.29 is 31.1 Å². The van der Waals surface area contributed by atoms with Gasteiger partial charge in [-0.05, 0) is 6.92 Å². The largest absolute Gasteiger partial charge is 0.422 e. The first-order chi connectivity index (χ1) is 5.80. The molecule has 0 spiro atoms. The molecule has 80 valence electrons. The van der Waals surface area contributed by atoms with Gasteiger partial charge in [0.25, 0.3) is 6.43 Å². The van der Waals surface area contributed by atoms with E-state index in [1.54, 1.807) is 0 Å². The van der Waals surface area contributed by atoms with Gasteiger partial charge in [0, 0.05) is 6.61 Å². The molecule has 0 aliphatic carbocycles. The number of halogens is 6. The molecule has 0 rings (SSSR count). The Morgan fingerprint density at radius 2 is 1.62 bits per heavy atom. The molecule has 0 bridgehead atoms. The Balaban J connectivity index is 4.36. The Labute approximate surface area is 70.7 Å². The van der Waals surface area contributed by atoms with Crippen molar-refractivity contribution >= 4 is 0 Å². The highest BCUT2D eigenvalue weighted by Gasteiger charge is 2.49. The van der Waals surface area contributed by atoms with Gasteiger partial charge >= 0.3 is 6.18 Å². The second-order valence-electron chi connectivity index (χ2n) is 2.20. The van der Waals surface area contributed by atoms with Crippen LogP contribution in [-0.4, -0.2) is 31.5 Å². The smallest absolute Gasteiger partial charge is 0.369 e. The van der Waals surface area contributed by atoms with Crippen molar-refractivity contribution in [3.8, 4) is 0 Å². The van der Waals surface area contributed by atoms with Crippen LogP contribution in [0.2, 0.25) is 0 Å². The molecule has 0 aromatic rings. The lowest BCUT2D eigenvalue weighted by atomic mass is 10.2. The molecular weight excluding hydrogens is 202 g/mol. The van der Waals surface area contributed by atoms with Crippen LogP contribution in [0.1, 0.15) is 6.92 Å². The summed E-state index contributed by atoms with van der Waals surface area (Å²) in [4.78, 5) is 0. The first kappa shape index (κ1) is 12.5. The second kappa shape index (κ2) is 4.69. The van der Waals surface area contributed by atoms with Gasteiger partial charge < -0.3 is 4.74 Å². The molecule has 2 unspecified atom stereocenters. The SMILES string of the molecule is CCOC(C(F)F)C(F)C(F)(F)F. The maximum Gasteiger partial charge on any atom is 0.422 e. The first-order valence-corrected chi connectivity index (χ1v) is 3.41. The molecule has 0 aliphatic heterocycles. The van der Waals surface area contributed by atoms with Gasteiger partial charge in [-0.2, -0.15) is 13.2 Å². The Hall–Kier alpha value is -0.460. The molecule has 0 fully saturated rings. The van der Waals surface area contributed by atoms with Gasteiger partial charge in [-0.1, -0.05) is 0 Å². The molecule has 0 N–H and O–H groups in total. The average Bonchev–Trinajstić information content (AvgIpc) is 1.96. The van der Waals surface area contributed by atoms with E-state index in [0.717, 1.165) is 0 Å². The molecule has 0 heterocycles. The van der Waals surface area contributed by atoms with Crippen molar-refractivity contribution in [3.05, 3.63) is 0 Å². The van der Waals surface area contributed by atoms with E-state index in [4.69, 9.17) is 0 Å². The number of alkyl halides is 6. The van der Waals surface area contributed by atoms with E-state index in [0.29, 0.717) is 0 Å². The fraction of sp³-hybridized carbons (Fsp3) is 1.00. The molecule has 0 saturated heterocycles. The number of hydrogen-bond donors (Lipinski definition) is 0. The topological polar surface area (TPSA) is 9.23 Å². The van der Waals surface area contributed by atoms with Gasteiger partial charge in [0.15, 0.2) is 6.10 Å².